The lowest BCUT2D eigenvalue weighted by Crippen LogP contribution is -1.82. The molecule has 1 aromatic carbocycles. The Hall–Kier alpha value is -1.34. The van der Waals surface area contributed by atoms with Gasteiger partial charge >= 0.3 is 0 Å². The molecule has 18 heavy (non-hydrogen) atoms. The standard InChI is InChI=1S/C17H15Br/c1-11(2)12-4-3-5-16-14(8-12)9-13-6-7-15(18)10-17(13)16/h3-11H,1-2H3. The summed E-state index contributed by atoms with van der Waals surface area (Å²) in [5.74, 6) is 0.561. The van der Waals surface area contributed by atoms with E-state index < -0.39 is 0 Å². The molecule has 0 nitrogen and oxygen atoms in total. The fraction of sp³-hybridized carbons (Fsp3) is 0.176. The van der Waals surface area contributed by atoms with Crippen LogP contribution in [-0.2, 0) is 0 Å². The fourth-order valence-electron chi connectivity index (χ4n) is 2.44. The first-order valence-corrected chi connectivity index (χ1v) is 7.06. The highest BCUT2D eigenvalue weighted by atomic mass is 79.9. The van der Waals surface area contributed by atoms with Crippen molar-refractivity contribution >= 4 is 26.7 Å². The van der Waals surface area contributed by atoms with Crippen LogP contribution in [0.3, 0.4) is 0 Å². The Bertz CT molecular complexity index is 683. The van der Waals surface area contributed by atoms with Gasteiger partial charge in [0.05, 0.1) is 0 Å². The number of hydrogen-bond donors (Lipinski definition) is 0. The highest BCUT2D eigenvalue weighted by molar-refractivity contribution is 9.10. The highest BCUT2D eigenvalue weighted by Gasteiger charge is 2.10. The van der Waals surface area contributed by atoms with Crippen molar-refractivity contribution in [1.29, 1.82) is 0 Å². The summed E-state index contributed by atoms with van der Waals surface area (Å²) < 4.78 is 1.14. The summed E-state index contributed by atoms with van der Waals surface area (Å²) in [7, 11) is 0. The number of fused-ring (bicyclic) bond motifs is 3. The zero-order valence-corrected chi connectivity index (χ0v) is 12.2. The molecular weight excluding hydrogens is 284 g/mol. The van der Waals surface area contributed by atoms with Crippen LogP contribution < -0.4 is 0 Å². The van der Waals surface area contributed by atoms with Crippen molar-refractivity contribution in [3.05, 3.63) is 58.6 Å². The van der Waals surface area contributed by atoms with Crippen LogP contribution in [0.15, 0.2) is 53.0 Å². The molecule has 0 saturated heterocycles. The Morgan fingerprint density at radius 3 is 2.56 bits per heavy atom. The van der Waals surface area contributed by atoms with Gasteiger partial charge in [-0.15, -0.1) is 0 Å². The minimum atomic E-state index is 0.561. The summed E-state index contributed by atoms with van der Waals surface area (Å²) in [6, 6.07) is 17.7. The molecule has 90 valence electrons. The molecule has 0 saturated carbocycles. The molecule has 0 aromatic heterocycles. The van der Waals surface area contributed by atoms with Crippen molar-refractivity contribution in [3.8, 4) is 11.1 Å². The predicted octanol–water partition coefficient (Wildman–Crippen LogP) is 5.83. The molecule has 0 amide bonds. The van der Waals surface area contributed by atoms with Gasteiger partial charge in [0.2, 0.25) is 0 Å². The van der Waals surface area contributed by atoms with Crippen LogP contribution in [-0.4, -0.2) is 0 Å². The van der Waals surface area contributed by atoms with Crippen LogP contribution in [0.1, 0.15) is 25.3 Å². The van der Waals surface area contributed by atoms with E-state index in [0.29, 0.717) is 5.92 Å². The third-order valence-electron chi connectivity index (χ3n) is 3.47. The largest absolute Gasteiger partial charge is 0.0613 e. The molecule has 0 fully saturated rings. The van der Waals surface area contributed by atoms with E-state index in [4.69, 9.17) is 0 Å². The third-order valence-corrected chi connectivity index (χ3v) is 3.96. The second-order valence-electron chi connectivity index (χ2n) is 5.07. The van der Waals surface area contributed by atoms with Crippen molar-refractivity contribution in [3.63, 3.8) is 0 Å². The maximum Gasteiger partial charge on any atom is 0.0181 e. The Kier molecular flexibility index (Phi) is 2.87. The quantitative estimate of drug-likeness (QED) is 0.530. The van der Waals surface area contributed by atoms with Gasteiger partial charge in [-0.1, -0.05) is 60.1 Å². The first-order chi connectivity index (χ1) is 8.65. The van der Waals surface area contributed by atoms with Crippen molar-refractivity contribution in [2.24, 2.45) is 0 Å². The van der Waals surface area contributed by atoms with Gasteiger partial charge < -0.3 is 0 Å². The lowest BCUT2D eigenvalue weighted by Gasteiger charge is -2.01. The van der Waals surface area contributed by atoms with Crippen LogP contribution in [0.25, 0.3) is 21.9 Å². The van der Waals surface area contributed by atoms with Gasteiger partial charge in [0.1, 0.15) is 0 Å². The van der Waals surface area contributed by atoms with Crippen LogP contribution in [0.2, 0.25) is 0 Å². The van der Waals surface area contributed by atoms with Crippen molar-refractivity contribution < 1.29 is 0 Å². The molecule has 1 heteroatoms. The maximum atomic E-state index is 3.55. The molecule has 0 N–H and O–H groups in total. The van der Waals surface area contributed by atoms with Gasteiger partial charge in [0, 0.05) is 4.47 Å². The summed E-state index contributed by atoms with van der Waals surface area (Å²) in [4.78, 5) is 0. The Labute approximate surface area is 116 Å². The molecular formula is C17H15Br. The van der Waals surface area contributed by atoms with Crippen LogP contribution >= 0.6 is 15.9 Å². The van der Waals surface area contributed by atoms with Crippen molar-refractivity contribution in [2.75, 3.05) is 0 Å². The first-order valence-electron chi connectivity index (χ1n) is 6.27. The molecule has 0 atom stereocenters. The SMILES string of the molecule is CC(C)c1cccc2c3cc(Br)ccc3cc-2c1. The van der Waals surface area contributed by atoms with Crippen molar-refractivity contribution in [2.45, 2.75) is 19.8 Å². The Morgan fingerprint density at radius 1 is 0.944 bits per heavy atom. The molecule has 0 spiro atoms. The summed E-state index contributed by atoms with van der Waals surface area (Å²) in [6.07, 6.45) is 0. The zero-order chi connectivity index (χ0) is 12.7. The van der Waals surface area contributed by atoms with Gasteiger partial charge in [-0.3, -0.25) is 0 Å². The van der Waals surface area contributed by atoms with Crippen LogP contribution in [0, 0.1) is 0 Å². The maximum absolute atomic E-state index is 3.55. The monoisotopic (exact) mass is 298 g/mol. The average molecular weight is 299 g/mol. The van der Waals surface area contributed by atoms with E-state index in [1.54, 1.807) is 0 Å². The number of hydrogen-bond acceptors (Lipinski definition) is 0. The topological polar surface area (TPSA) is 0 Å². The summed E-state index contributed by atoms with van der Waals surface area (Å²) in [5, 5.41) is 2.64. The molecule has 0 unspecified atom stereocenters. The number of benzene rings is 1. The molecule has 0 bridgehead atoms. The van der Waals surface area contributed by atoms with E-state index in [1.165, 1.54) is 27.5 Å². The molecule has 2 aliphatic carbocycles. The lowest BCUT2D eigenvalue weighted by molar-refractivity contribution is 0.869. The molecule has 2 aliphatic rings. The van der Waals surface area contributed by atoms with Crippen molar-refractivity contribution in [1.82, 2.24) is 0 Å². The minimum absolute atomic E-state index is 0.561. The highest BCUT2D eigenvalue weighted by Crippen LogP contribution is 2.36. The molecule has 0 aliphatic heterocycles. The lowest BCUT2D eigenvalue weighted by atomic mass is 10.0. The van der Waals surface area contributed by atoms with E-state index in [2.05, 4.69) is 78.3 Å². The van der Waals surface area contributed by atoms with Gasteiger partial charge in [-0.25, -0.2) is 0 Å². The van der Waals surface area contributed by atoms with Gasteiger partial charge in [0.15, 0.2) is 0 Å². The van der Waals surface area contributed by atoms with Gasteiger partial charge in [0.25, 0.3) is 0 Å². The predicted molar refractivity (Wildman–Crippen MR) is 82.4 cm³/mol. The molecule has 0 heterocycles. The normalized spacial score (nSPS) is 11.6. The van der Waals surface area contributed by atoms with E-state index >= 15 is 0 Å². The summed E-state index contributed by atoms with van der Waals surface area (Å²) >= 11 is 3.55. The second-order valence-corrected chi connectivity index (χ2v) is 5.99. The molecule has 1 aromatic rings. The molecule has 3 rings (SSSR count). The second kappa shape index (κ2) is 4.40. The van der Waals surface area contributed by atoms with E-state index in [0.717, 1.165) is 4.47 Å². The summed E-state index contributed by atoms with van der Waals surface area (Å²) in [6.45, 7) is 4.47. The summed E-state index contributed by atoms with van der Waals surface area (Å²) in [5.41, 5.74) is 4.05. The third kappa shape index (κ3) is 1.93. The van der Waals surface area contributed by atoms with Gasteiger partial charge in [-0.05, 0) is 51.6 Å². The minimum Gasteiger partial charge on any atom is -0.0613 e. The Morgan fingerprint density at radius 2 is 1.78 bits per heavy atom. The van der Waals surface area contributed by atoms with E-state index in [9.17, 15) is 0 Å². The Balaban J connectivity index is 2.33. The van der Waals surface area contributed by atoms with Crippen LogP contribution in [0.4, 0.5) is 0 Å². The van der Waals surface area contributed by atoms with Gasteiger partial charge in [-0.2, -0.15) is 0 Å². The number of halogens is 1. The van der Waals surface area contributed by atoms with E-state index in [1.807, 2.05) is 0 Å². The molecule has 0 radical (unpaired) electrons. The van der Waals surface area contributed by atoms with E-state index in [-0.39, 0.29) is 0 Å². The first kappa shape index (κ1) is 11.7. The number of rotatable bonds is 1. The van der Waals surface area contributed by atoms with Crippen LogP contribution in [0.5, 0.6) is 0 Å². The smallest absolute Gasteiger partial charge is 0.0181 e. The zero-order valence-electron chi connectivity index (χ0n) is 10.6. The fourth-order valence-corrected chi connectivity index (χ4v) is 2.80. The average Bonchev–Trinajstić information content (AvgIpc) is 2.54.